The van der Waals surface area contributed by atoms with E-state index < -0.39 is 21.8 Å². The lowest BCUT2D eigenvalue weighted by Crippen LogP contribution is -2.25. The Morgan fingerprint density at radius 3 is 2.74 bits per heavy atom. The fourth-order valence-electron chi connectivity index (χ4n) is 1.29. The molecule has 0 radical (unpaired) electrons. The van der Waals surface area contributed by atoms with Crippen LogP contribution in [0, 0.1) is 5.82 Å². The Hall–Kier alpha value is -1.73. The van der Waals surface area contributed by atoms with Gasteiger partial charge >= 0.3 is 5.97 Å². The molecule has 0 aliphatic heterocycles. The second-order valence-corrected chi connectivity index (χ2v) is 5.84. The first kappa shape index (κ1) is 15.3. The minimum atomic E-state index is -3.40. The number of hydrogen-bond donors (Lipinski definition) is 2. The molecule has 0 atom stereocenters. The highest BCUT2D eigenvalue weighted by atomic mass is 32.2. The molecule has 1 aromatic carbocycles. The number of benzene rings is 1. The van der Waals surface area contributed by atoms with Gasteiger partial charge in [-0.2, -0.15) is 0 Å². The molecule has 0 aromatic heterocycles. The average molecular weight is 287 g/mol. The second kappa shape index (κ2) is 6.44. The first-order valence-electron chi connectivity index (χ1n) is 5.51. The van der Waals surface area contributed by atoms with Gasteiger partial charge in [0.25, 0.3) is 0 Å². The molecule has 0 fully saturated rings. The monoisotopic (exact) mass is 287 g/mol. The largest absolute Gasteiger partial charge is 0.478 e. The molecule has 5 nitrogen and oxygen atoms in total. The van der Waals surface area contributed by atoms with Gasteiger partial charge in [0, 0.05) is 18.2 Å². The first-order valence-corrected chi connectivity index (χ1v) is 7.16. The highest BCUT2D eigenvalue weighted by Crippen LogP contribution is 2.12. The van der Waals surface area contributed by atoms with E-state index in [1.165, 1.54) is 25.1 Å². The molecule has 104 valence electrons. The molecular formula is C12H14FNO4S. The molecule has 0 amide bonds. The second-order valence-electron chi connectivity index (χ2n) is 3.75. The summed E-state index contributed by atoms with van der Waals surface area (Å²) in [4.78, 5) is 10.4. The van der Waals surface area contributed by atoms with Crippen molar-refractivity contribution in [3.05, 3.63) is 41.2 Å². The molecule has 0 bridgehead atoms. The van der Waals surface area contributed by atoms with Crippen LogP contribution in [0.15, 0.2) is 24.3 Å². The SMILES string of the molecule is CCS(=O)(=O)NCc1cc(/C=C/C(=O)O)ccc1F. The predicted molar refractivity (Wildman–Crippen MR) is 69.4 cm³/mol. The van der Waals surface area contributed by atoms with Crippen LogP contribution in [0.4, 0.5) is 4.39 Å². The van der Waals surface area contributed by atoms with Crippen LogP contribution in [0.25, 0.3) is 6.08 Å². The van der Waals surface area contributed by atoms with Crippen molar-refractivity contribution in [2.45, 2.75) is 13.5 Å². The van der Waals surface area contributed by atoms with E-state index >= 15 is 0 Å². The van der Waals surface area contributed by atoms with Crippen molar-refractivity contribution in [3.63, 3.8) is 0 Å². The molecule has 1 aromatic rings. The molecular weight excluding hydrogens is 273 g/mol. The van der Waals surface area contributed by atoms with Gasteiger partial charge in [-0.15, -0.1) is 0 Å². The maximum atomic E-state index is 13.5. The number of halogens is 1. The van der Waals surface area contributed by atoms with Crippen molar-refractivity contribution < 1.29 is 22.7 Å². The highest BCUT2D eigenvalue weighted by Gasteiger charge is 2.09. The summed E-state index contributed by atoms with van der Waals surface area (Å²) in [5, 5.41) is 8.49. The zero-order chi connectivity index (χ0) is 14.5. The van der Waals surface area contributed by atoms with Crippen molar-refractivity contribution in [1.29, 1.82) is 0 Å². The topological polar surface area (TPSA) is 83.5 Å². The van der Waals surface area contributed by atoms with E-state index in [2.05, 4.69) is 4.72 Å². The van der Waals surface area contributed by atoms with Crippen LogP contribution in [0.5, 0.6) is 0 Å². The average Bonchev–Trinajstić information content (AvgIpc) is 2.36. The standard InChI is InChI=1S/C12H14FNO4S/c1-2-19(17,18)14-8-10-7-9(3-5-11(10)13)4-6-12(15)16/h3-7,14H,2,8H2,1H3,(H,15,16)/b6-4+. The number of carboxylic acids is 1. The third kappa shape index (κ3) is 5.19. The maximum Gasteiger partial charge on any atom is 0.328 e. The Morgan fingerprint density at radius 1 is 1.47 bits per heavy atom. The number of nitrogens with one attached hydrogen (secondary N) is 1. The van der Waals surface area contributed by atoms with Gasteiger partial charge in [-0.3, -0.25) is 0 Å². The quantitative estimate of drug-likeness (QED) is 0.774. The van der Waals surface area contributed by atoms with Crippen LogP contribution in [-0.2, 0) is 21.4 Å². The van der Waals surface area contributed by atoms with Gasteiger partial charge in [0.2, 0.25) is 10.0 Å². The molecule has 0 saturated carbocycles. The van der Waals surface area contributed by atoms with Gasteiger partial charge in [0.15, 0.2) is 0 Å². The van der Waals surface area contributed by atoms with Crippen molar-refractivity contribution >= 4 is 22.1 Å². The lowest BCUT2D eigenvalue weighted by molar-refractivity contribution is -0.131. The predicted octanol–water partition coefficient (Wildman–Crippen LogP) is 1.36. The summed E-state index contributed by atoms with van der Waals surface area (Å²) in [6, 6.07) is 3.97. The van der Waals surface area contributed by atoms with Crippen molar-refractivity contribution in [1.82, 2.24) is 4.72 Å². The zero-order valence-corrected chi connectivity index (χ0v) is 11.1. The van der Waals surface area contributed by atoms with Crippen LogP contribution < -0.4 is 4.72 Å². The number of carbonyl (C=O) groups is 1. The van der Waals surface area contributed by atoms with Gasteiger partial charge in [-0.1, -0.05) is 6.07 Å². The highest BCUT2D eigenvalue weighted by molar-refractivity contribution is 7.89. The van der Waals surface area contributed by atoms with Crippen LogP contribution in [-0.4, -0.2) is 25.2 Å². The molecule has 7 heteroatoms. The van der Waals surface area contributed by atoms with Crippen molar-refractivity contribution in [2.24, 2.45) is 0 Å². The minimum Gasteiger partial charge on any atom is -0.478 e. The Kier molecular flexibility index (Phi) is 5.20. The van der Waals surface area contributed by atoms with E-state index in [1.807, 2.05) is 0 Å². The number of hydrogen-bond acceptors (Lipinski definition) is 3. The summed E-state index contributed by atoms with van der Waals surface area (Å²) >= 11 is 0. The number of sulfonamides is 1. The summed E-state index contributed by atoms with van der Waals surface area (Å²) in [5.74, 6) is -1.75. The lowest BCUT2D eigenvalue weighted by atomic mass is 10.1. The summed E-state index contributed by atoms with van der Waals surface area (Å²) in [7, 11) is -3.40. The Labute approximate surface area is 110 Å². The van der Waals surface area contributed by atoms with E-state index in [0.29, 0.717) is 5.56 Å². The fourth-order valence-corrected chi connectivity index (χ4v) is 1.87. The van der Waals surface area contributed by atoms with Gasteiger partial charge in [0.1, 0.15) is 5.82 Å². The summed E-state index contributed by atoms with van der Waals surface area (Å²) in [6.45, 7) is 1.31. The van der Waals surface area contributed by atoms with Crippen LogP contribution in [0.3, 0.4) is 0 Å². The number of rotatable bonds is 6. The minimum absolute atomic E-state index is 0.0901. The fraction of sp³-hybridized carbons (Fsp3) is 0.250. The van der Waals surface area contributed by atoms with Gasteiger partial charge in [-0.25, -0.2) is 22.3 Å². The van der Waals surface area contributed by atoms with Crippen molar-refractivity contribution in [3.8, 4) is 0 Å². The van der Waals surface area contributed by atoms with Crippen LogP contribution >= 0.6 is 0 Å². The first-order chi connectivity index (χ1) is 8.84. The smallest absolute Gasteiger partial charge is 0.328 e. The molecule has 1 rings (SSSR count). The third-order valence-electron chi connectivity index (χ3n) is 2.35. The lowest BCUT2D eigenvalue weighted by Gasteiger charge is -2.06. The van der Waals surface area contributed by atoms with E-state index in [-0.39, 0.29) is 17.9 Å². The maximum absolute atomic E-state index is 13.5. The molecule has 0 unspecified atom stereocenters. The number of carboxylic acid groups (broad SMARTS) is 1. The molecule has 2 N–H and O–H groups in total. The number of aliphatic carboxylic acids is 1. The van der Waals surface area contributed by atoms with E-state index in [9.17, 15) is 17.6 Å². The van der Waals surface area contributed by atoms with Crippen molar-refractivity contribution in [2.75, 3.05) is 5.75 Å². The molecule has 0 aliphatic carbocycles. The van der Waals surface area contributed by atoms with E-state index in [0.717, 1.165) is 12.1 Å². The molecule has 0 saturated heterocycles. The normalized spacial score (nSPS) is 11.9. The zero-order valence-electron chi connectivity index (χ0n) is 10.3. The van der Waals surface area contributed by atoms with E-state index in [4.69, 9.17) is 5.11 Å². The van der Waals surface area contributed by atoms with E-state index in [1.54, 1.807) is 0 Å². The Bertz CT molecular complexity index is 596. The molecule has 0 heterocycles. The summed E-state index contributed by atoms with van der Waals surface area (Å²) in [5.41, 5.74) is 0.638. The molecule has 0 aliphatic rings. The summed E-state index contributed by atoms with van der Waals surface area (Å²) < 4.78 is 38.2. The van der Waals surface area contributed by atoms with Crippen LogP contribution in [0.1, 0.15) is 18.1 Å². The van der Waals surface area contributed by atoms with Crippen LogP contribution in [0.2, 0.25) is 0 Å². The Balaban J connectivity index is 2.89. The van der Waals surface area contributed by atoms with Gasteiger partial charge in [-0.05, 0) is 30.7 Å². The summed E-state index contributed by atoms with van der Waals surface area (Å²) in [6.07, 6.45) is 2.23. The Morgan fingerprint density at radius 2 is 2.16 bits per heavy atom. The molecule has 0 spiro atoms. The third-order valence-corrected chi connectivity index (χ3v) is 3.69. The molecule has 19 heavy (non-hydrogen) atoms. The van der Waals surface area contributed by atoms with Gasteiger partial charge in [0.05, 0.1) is 5.75 Å². The van der Waals surface area contributed by atoms with Gasteiger partial charge < -0.3 is 5.11 Å².